The zero-order chi connectivity index (χ0) is 14.3. The van der Waals surface area contributed by atoms with Crippen LogP contribution in [0.2, 0.25) is 0 Å². The lowest BCUT2D eigenvalue weighted by molar-refractivity contribution is 0.0958. The fourth-order valence-corrected chi connectivity index (χ4v) is 4.07. The van der Waals surface area contributed by atoms with Gasteiger partial charge in [0.1, 0.15) is 9.71 Å². The molecule has 2 aromatic rings. The first-order valence-electron chi connectivity index (χ1n) is 6.53. The summed E-state index contributed by atoms with van der Waals surface area (Å²) in [6, 6.07) is 1.92. The molecule has 1 aliphatic carbocycles. The number of carbonyl (C=O) groups excluding carboxylic acids is 1. The van der Waals surface area contributed by atoms with E-state index in [1.54, 1.807) is 6.20 Å². The maximum Gasteiger partial charge on any atom is 0.263 e. The molecule has 0 unspecified atom stereocenters. The standard InChI is InChI=1S/C14H17N3OS2/c1-8-3-6-16-13-9(8)10(15)11(20-13)12(18)17-7-14(19-2)4-5-14/h3,6H,4-5,7,15H2,1-2H3,(H,17,18). The third-order valence-corrected chi connectivity index (χ3v) is 6.39. The molecule has 0 bridgehead atoms. The number of hydrogen-bond donors (Lipinski definition) is 2. The number of carbonyl (C=O) groups is 1. The van der Waals surface area contributed by atoms with E-state index in [0.29, 0.717) is 17.1 Å². The van der Waals surface area contributed by atoms with Crippen molar-refractivity contribution in [2.45, 2.75) is 24.5 Å². The summed E-state index contributed by atoms with van der Waals surface area (Å²) in [6.45, 7) is 2.70. The molecule has 0 atom stereocenters. The number of fused-ring (bicyclic) bond motifs is 1. The number of rotatable bonds is 4. The minimum absolute atomic E-state index is 0.0785. The van der Waals surface area contributed by atoms with E-state index in [4.69, 9.17) is 5.73 Å². The van der Waals surface area contributed by atoms with Gasteiger partial charge in [0.15, 0.2) is 0 Å². The molecule has 0 radical (unpaired) electrons. The molecular weight excluding hydrogens is 290 g/mol. The second-order valence-corrected chi connectivity index (χ2v) is 7.50. The molecule has 0 spiro atoms. The average molecular weight is 307 g/mol. The highest BCUT2D eigenvalue weighted by atomic mass is 32.2. The molecule has 0 aliphatic heterocycles. The Balaban J connectivity index is 1.85. The third-order valence-electron chi connectivity index (χ3n) is 3.86. The smallest absolute Gasteiger partial charge is 0.263 e. The molecule has 3 rings (SSSR count). The zero-order valence-electron chi connectivity index (χ0n) is 11.5. The van der Waals surface area contributed by atoms with Gasteiger partial charge in [-0.25, -0.2) is 4.98 Å². The Kier molecular flexibility index (Phi) is 3.38. The maximum absolute atomic E-state index is 12.3. The highest BCUT2D eigenvalue weighted by molar-refractivity contribution is 8.00. The molecule has 2 heterocycles. The summed E-state index contributed by atoms with van der Waals surface area (Å²) in [6.07, 6.45) is 6.20. The highest BCUT2D eigenvalue weighted by Crippen LogP contribution is 2.46. The molecule has 0 saturated heterocycles. The predicted octanol–water partition coefficient (Wildman–Crippen LogP) is 2.81. The first-order chi connectivity index (χ1) is 9.56. The number of amides is 1. The number of thiophene rings is 1. The Morgan fingerprint density at radius 2 is 2.35 bits per heavy atom. The topological polar surface area (TPSA) is 68.0 Å². The van der Waals surface area contributed by atoms with E-state index in [0.717, 1.165) is 15.8 Å². The number of thioether (sulfide) groups is 1. The molecule has 1 saturated carbocycles. The van der Waals surface area contributed by atoms with Gasteiger partial charge >= 0.3 is 0 Å². The normalized spacial score (nSPS) is 16.3. The van der Waals surface area contributed by atoms with Crippen LogP contribution in [0.3, 0.4) is 0 Å². The Bertz CT molecular complexity index is 676. The molecule has 3 N–H and O–H groups in total. The zero-order valence-corrected chi connectivity index (χ0v) is 13.2. The van der Waals surface area contributed by atoms with Crippen molar-refractivity contribution in [3.05, 3.63) is 22.7 Å². The van der Waals surface area contributed by atoms with Crippen LogP contribution < -0.4 is 11.1 Å². The van der Waals surface area contributed by atoms with Crippen molar-refractivity contribution >= 4 is 44.9 Å². The largest absolute Gasteiger partial charge is 0.397 e. The molecule has 6 heteroatoms. The van der Waals surface area contributed by atoms with Gasteiger partial charge in [-0.15, -0.1) is 11.3 Å². The highest BCUT2D eigenvalue weighted by Gasteiger charge is 2.42. The van der Waals surface area contributed by atoms with Crippen LogP contribution in [0, 0.1) is 6.92 Å². The van der Waals surface area contributed by atoms with Crippen molar-refractivity contribution < 1.29 is 4.79 Å². The number of nitrogens with two attached hydrogens (primary N) is 1. The summed E-state index contributed by atoms with van der Waals surface area (Å²) < 4.78 is 0.259. The molecule has 106 valence electrons. The summed E-state index contributed by atoms with van der Waals surface area (Å²) in [5.74, 6) is -0.0785. The van der Waals surface area contributed by atoms with Crippen molar-refractivity contribution in [2.24, 2.45) is 0 Å². The molecule has 0 aromatic carbocycles. The quantitative estimate of drug-likeness (QED) is 0.911. The Morgan fingerprint density at radius 3 is 2.95 bits per heavy atom. The number of aromatic nitrogens is 1. The van der Waals surface area contributed by atoms with Crippen LogP contribution in [0.25, 0.3) is 10.2 Å². The van der Waals surface area contributed by atoms with E-state index >= 15 is 0 Å². The monoisotopic (exact) mass is 307 g/mol. The van der Waals surface area contributed by atoms with Gasteiger partial charge in [-0.05, 0) is 37.7 Å². The van der Waals surface area contributed by atoms with E-state index in [9.17, 15) is 4.79 Å². The number of nitrogens with one attached hydrogen (secondary N) is 1. The lowest BCUT2D eigenvalue weighted by Gasteiger charge is -2.12. The van der Waals surface area contributed by atoms with Crippen molar-refractivity contribution in [1.29, 1.82) is 0 Å². The summed E-state index contributed by atoms with van der Waals surface area (Å²) >= 11 is 3.20. The molecule has 1 fully saturated rings. The molecule has 1 aliphatic rings. The number of nitrogens with zero attached hydrogens (tertiary/aromatic N) is 1. The first-order valence-corrected chi connectivity index (χ1v) is 8.57. The SMILES string of the molecule is CSC1(CNC(=O)c2sc3nccc(C)c3c2N)CC1. The number of pyridine rings is 1. The van der Waals surface area contributed by atoms with Crippen molar-refractivity contribution in [1.82, 2.24) is 10.3 Å². The van der Waals surface area contributed by atoms with Crippen molar-refractivity contribution in [3.63, 3.8) is 0 Å². The number of anilines is 1. The minimum atomic E-state index is -0.0785. The minimum Gasteiger partial charge on any atom is -0.397 e. The Labute approximate surface area is 126 Å². The van der Waals surface area contributed by atoms with Gasteiger partial charge in [0, 0.05) is 22.9 Å². The van der Waals surface area contributed by atoms with Gasteiger partial charge < -0.3 is 11.1 Å². The van der Waals surface area contributed by atoms with Crippen LogP contribution in [-0.4, -0.2) is 28.4 Å². The van der Waals surface area contributed by atoms with E-state index in [1.807, 2.05) is 24.8 Å². The molecule has 2 aromatic heterocycles. The summed E-state index contributed by atoms with van der Waals surface area (Å²) in [5, 5.41) is 3.93. The van der Waals surface area contributed by atoms with Crippen LogP contribution >= 0.6 is 23.1 Å². The van der Waals surface area contributed by atoms with Crippen LogP contribution in [-0.2, 0) is 0 Å². The van der Waals surface area contributed by atoms with Crippen LogP contribution in [0.5, 0.6) is 0 Å². The van der Waals surface area contributed by atoms with E-state index in [-0.39, 0.29) is 10.7 Å². The van der Waals surface area contributed by atoms with Gasteiger partial charge in [0.05, 0.1) is 5.69 Å². The molecular formula is C14H17N3OS2. The first kappa shape index (κ1) is 13.7. The molecule has 1 amide bonds. The van der Waals surface area contributed by atoms with E-state index in [1.165, 1.54) is 24.2 Å². The van der Waals surface area contributed by atoms with Crippen molar-refractivity contribution in [2.75, 3.05) is 18.5 Å². The third kappa shape index (κ3) is 2.27. The van der Waals surface area contributed by atoms with Gasteiger partial charge in [-0.2, -0.15) is 11.8 Å². The summed E-state index contributed by atoms with van der Waals surface area (Å²) in [4.78, 5) is 18.0. The predicted molar refractivity (Wildman–Crippen MR) is 86.6 cm³/mol. The number of hydrogen-bond acceptors (Lipinski definition) is 5. The number of nitrogen functional groups attached to an aromatic ring is 1. The Hall–Kier alpha value is -1.27. The van der Waals surface area contributed by atoms with Gasteiger partial charge in [0.2, 0.25) is 0 Å². The lowest BCUT2D eigenvalue weighted by Crippen LogP contribution is -2.31. The second kappa shape index (κ2) is 4.93. The maximum atomic E-state index is 12.3. The second-order valence-electron chi connectivity index (χ2n) is 5.22. The Morgan fingerprint density at radius 1 is 1.60 bits per heavy atom. The van der Waals surface area contributed by atoms with Crippen LogP contribution in [0.1, 0.15) is 28.1 Å². The van der Waals surface area contributed by atoms with Crippen molar-refractivity contribution in [3.8, 4) is 0 Å². The van der Waals surface area contributed by atoms with Gasteiger partial charge in [-0.1, -0.05) is 0 Å². The van der Waals surface area contributed by atoms with Gasteiger partial charge in [0.25, 0.3) is 5.91 Å². The van der Waals surface area contributed by atoms with Crippen LogP contribution in [0.4, 0.5) is 5.69 Å². The molecule has 4 nitrogen and oxygen atoms in total. The summed E-state index contributed by atoms with van der Waals surface area (Å²) in [5.41, 5.74) is 7.75. The molecule has 20 heavy (non-hydrogen) atoms. The lowest BCUT2D eigenvalue weighted by atomic mass is 10.2. The van der Waals surface area contributed by atoms with E-state index < -0.39 is 0 Å². The summed E-state index contributed by atoms with van der Waals surface area (Å²) in [7, 11) is 0. The number of aryl methyl sites for hydroxylation is 1. The fraction of sp³-hybridized carbons (Fsp3) is 0.429. The van der Waals surface area contributed by atoms with Gasteiger partial charge in [-0.3, -0.25) is 4.79 Å². The van der Waals surface area contributed by atoms with Crippen LogP contribution in [0.15, 0.2) is 12.3 Å². The average Bonchev–Trinajstić information content (AvgIpc) is 3.15. The van der Waals surface area contributed by atoms with E-state index in [2.05, 4.69) is 16.6 Å². The fourth-order valence-electron chi connectivity index (χ4n) is 2.29.